The lowest BCUT2D eigenvalue weighted by Crippen LogP contribution is -2.43. The molecule has 0 amide bonds. The average molecular weight is 247 g/mol. The number of hydrogen-bond donors (Lipinski definition) is 1. The summed E-state index contributed by atoms with van der Waals surface area (Å²) >= 11 is 0. The van der Waals surface area contributed by atoms with Crippen LogP contribution in [0.3, 0.4) is 0 Å². The van der Waals surface area contributed by atoms with Crippen molar-refractivity contribution in [1.82, 2.24) is 0 Å². The van der Waals surface area contributed by atoms with Crippen molar-refractivity contribution >= 4 is 0 Å². The Morgan fingerprint density at radius 2 is 1.94 bits per heavy atom. The van der Waals surface area contributed by atoms with Crippen LogP contribution in [0.1, 0.15) is 37.7 Å². The fourth-order valence-electron chi connectivity index (χ4n) is 2.71. The Bertz CT molecular complexity index is 391. The summed E-state index contributed by atoms with van der Waals surface area (Å²) in [6.45, 7) is 1.58. The topological polar surface area (TPSA) is 44.5 Å². The van der Waals surface area contributed by atoms with Crippen molar-refractivity contribution in [3.63, 3.8) is 0 Å². The lowest BCUT2D eigenvalue weighted by molar-refractivity contribution is 0.00741. The van der Waals surface area contributed by atoms with Crippen molar-refractivity contribution in [1.29, 1.82) is 0 Å². The van der Waals surface area contributed by atoms with Gasteiger partial charge in [0.05, 0.1) is 6.61 Å². The van der Waals surface area contributed by atoms with Crippen molar-refractivity contribution in [2.24, 2.45) is 5.73 Å². The second kappa shape index (κ2) is 4.90. The summed E-state index contributed by atoms with van der Waals surface area (Å²) in [5.74, 6) is 0.928. The van der Waals surface area contributed by atoms with Gasteiger partial charge in [-0.2, -0.15) is 0 Å². The fourth-order valence-corrected chi connectivity index (χ4v) is 2.71. The van der Waals surface area contributed by atoms with E-state index in [9.17, 15) is 0 Å². The number of rotatable bonds is 3. The van der Waals surface area contributed by atoms with E-state index >= 15 is 0 Å². The second-order valence-electron chi connectivity index (χ2n) is 5.49. The van der Waals surface area contributed by atoms with E-state index in [1.54, 1.807) is 0 Å². The third kappa shape index (κ3) is 2.38. The lowest BCUT2D eigenvalue weighted by atomic mass is 9.73. The van der Waals surface area contributed by atoms with E-state index in [1.165, 1.54) is 12.0 Å². The molecule has 0 aromatic heterocycles. The molecule has 3 rings (SSSR count). The van der Waals surface area contributed by atoms with Gasteiger partial charge in [-0.1, -0.05) is 12.1 Å². The molecule has 98 valence electrons. The monoisotopic (exact) mass is 247 g/mol. The minimum Gasteiger partial charge on any atom is -0.488 e. The Labute approximate surface area is 108 Å². The molecule has 0 spiro atoms. The molecule has 3 heteroatoms. The maximum atomic E-state index is 6.30. The van der Waals surface area contributed by atoms with Gasteiger partial charge in [-0.25, -0.2) is 0 Å². The molecule has 2 N–H and O–H groups in total. The van der Waals surface area contributed by atoms with Crippen LogP contribution < -0.4 is 10.5 Å². The van der Waals surface area contributed by atoms with E-state index < -0.39 is 0 Å². The summed E-state index contributed by atoms with van der Waals surface area (Å²) < 4.78 is 11.3. The van der Waals surface area contributed by atoms with E-state index in [4.69, 9.17) is 15.2 Å². The average Bonchev–Trinajstić information content (AvgIpc) is 2.38. The zero-order chi connectivity index (χ0) is 12.4. The molecule has 1 heterocycles. The van der Waals surface area contributed by atoms with Crippen LogP contribution in [0, 0.1) is 0 Å². The van der Waals surface area contributed by atoms with Gasteiger partial charge in [0.15, 0.2) is 0 Å². The zero-order valence-corrected chi connectivity index (χ0v) is 10.7. The molecule has 1 unspecified atom stereocenters. The Balaban J connectivity index is 1.63. The van der Waals surface area contributed by atoms with E-state index in [0.29, 0.717) is 6.61 Å². The summed E-state index contributed by atoms with van der Waals surface area (Å²) in [6.07, 6.45) is 5.83. The molecule has 2 fully saturated rings. The van der Waals surface area contributed by atoms with Crippen molar-refractivity contribution in [3.8, 4) is 5.75 Å². The normalized spacial score (nSPS) is 26.4. The largest absolute Gasteiger partial charge is 0.488 e. The van der Waals surface area contributed by atoms with Gasteiger partial charge >= 0.3 is 0 Å². The van der Waals surface area contributed by atoms with Gasteiger partial charge in [0.25, 0.3) is 0 Å². The SMILES string of the molecule is NC1(c2ccc(OC3CCCOC3)cc2)CCC1. The van der Waals surface area contributed by atoms with Gasteiger partial charge in [-0.3, -0.25) is 0 Å². The molecular weight excluding hydrogens is 226 g/mol. The van der Waals surface area contributed by atoms with Crippen LogP contribution >= 0.6 is 0 Å². The van der Waals surface area contributed by atoms with Gasteiger partial charge < -0.3 is 15.2 Å². The number of nitrogens with two attached hydrogens (primary N) is 1. The van der Waals surface area contributed by atoms with Gasteiger partial charge in [-0.05, 0) is 49.8 Å². The highest BCUT2D eigenvalue weighted by molar-refractivity contribution is 5.33. The van der Waals surface area contributed by atoms with Gasteiger partial charge in [0, 0.05) is 12.1 Å². The minimum absolute atomic E-state index is 0.0769. The molecule has 1 aromatic rings. The first-order chi connectivity index (χ1) is 8.76. The second-order valence-corrected chi connectivity index (χ2v) is 5.49. The predicted molar refractivity (Wildman–Crippen MR) is 70.6 cm³/mol. The molecule has 1 atom stereocenters. The summed E-state index contributed by atoms with van der Waals surface area (Å²) in [5.41, 5.74) is 7.46. The van der Waals surface area contributed by atoms with E-state index in [2.05, 4.69) is 12.1 Å². The predicted octanol–water partition coefficient (Wildman–Crippen LogP) is 2.58. The summed E-state index contributed by atoms with van der Waals surface area (Å²) in [7, 11) is 0. The van der Waals surface area contributed by atoms with Crippen LogP contribution in [0.2, 0.25) is 0 Å². The first-order valence-corrected chi connectivity index (χ1v) is 6.90. The Morgan fingerprint density at radius 3 is 2.50 bits per heavy atom. The molecule has 3 nitrogen and oxygen atoms in total. The van der Waals surface area contributed by atoms with Crippen LogP contribution in [-0.4, -0.2) is 19.3 Å². The molecule has 1 aliphatic carbocycles. The van der Waals surface area contributed by atoms with Gasteiger partial charge in [0.1, 0.15) is 11.9 Å². The molecule has 0 bridgehead atoms. The summed E-state index contributed by atoms with van der Waals surface area (Å²) in [5, 5.41) is 0. The third-order valence-corrected chi connectivity index (χ3v) is 4.10. The van der Waals surface area contributed by atoms with E-state index in [-0.39, 0.29) is 11.6 Å². The minimum atomic E-state index is -0.0769. The van der Waals surface area contributed by atoms with Crippen LogP contribution in [0.4, 0.5) is 0 Å². The zero-order valence-electron chi connectivity index (χ0n) is 10.7. The highest BCUT2D eigenvalue weighted by Gasteiger charge is 2.34. The Hall–Kier alpha value is -1.06. The van der Waals surface area contributed by atoms with Crippen molar-refractivity contribution in [3.05, 3.63) is 29.8 Å². The highest BCUT2D eigenvalue weighted by atomic mass is 16.5. The third-order valence-electron chi connectivity index (χ3n) is 4.10. The number of hydrogen-bond acceptors (Lipinski definition) is 3. The number of ether oxygens (including phenoxy) is 2. The maximum absolute atomic E-state index is 6.30. The van der Waals surface area contributed by atoms with Crippen molar-refractivity contribution in [2.75, 3.05) is 13.2 Å². The van der Waals surface area contributed by atoms with Crippen LogP contribution in [0.15, 0.2) is 24.3 Å². The molecule has 1 aliphatic heterocycles. The molecule has 1 saturated carbocycles. The maximum Gasteiger partial charge on any atom is 0.122 e. The molecule has 18 heavy (non-hydrogen) atoms. The lowest BCUT2D eigenvalue weighted by Gasteiger charge is -2.38. The highest BCUT2D eigenvalue weighted by Crippen LogP contribution is 2.39. The van der Waals surface area contributed by atoms with Crippen molar-refractivity contribution in [2.45, 2.75) is 43.7 Å². The molecular formula is C15H21NO2. The van der Waals surface area contributed by atoms with Crippen LogP contribution in [0.5, 0.6) is 5.75 Å². The van der Waals surface area contributed by atoms with E-state index in [1.807, 2.05) is 12.1 Å². The van der Waals surface area contributed by atoms with Gasteiger partial charge in [-0.15, -0.1) is 0 Å². The van der Waals surface area contributed by atoms with Crippen LogP contribution in [-0.2, 0) is 10.3 Å². The summed E-state index contributed by atoms with van der Waals surface area (Å²) in [6, 6.07) is 8.30. The molecule has 1 saturated heterocycles. The summed E-state index contributed by atoms with van der Waals surface area (Å²) in [4.78, 5) is 0. The first-order valence-electron chi connectivity index (χ1n) is 6.90. The molecule has 2 aliphatic rings. The molecule has 1 aromatic carbocycles. The fraction of sp³-hybridized carbons (Fsp3) is 0.600. The first kappa shape index (κ1) is 12.0. The van der Waals surface area contributed by atoms with Gasteiger partial charge in [0.2, 0.25) is 0 Å². The van der Waals surface area contributed by atoms with E-state index in [0.717, 1.165) is 38.0 Å². The standard InChI is InChI=1S/C15H21NO2/c16-15(8-2-9-15)12-4-6-13(7-5-12)18-14-3-1-10-17-11-14/h4-7,14H,1-3,8-11,16H2. The Morgan fingerprint density at radius 1 is 1.17 bits per heavy atom. The van der Waals surface area contributed by atoms with Crippen molar-refractivity contribution < 1.29 is 9.47 Å². The smallest absolute Gasteiger partial charge is 0.122 e. The van der Waals surface area contributed by atoms with Crippen LogP contribution in [0.25, 0.3) is 0 Å². The Kier molecular flexibility index (Phi) is 3.27. The number of benzene rings is 1. The quantitative estimate of drug-likeness (QED) is 0.893. The molecule has 0 radical (unpaired) electrons.